The molecule has 0 bridgehead atoms. The van der Waals surface area contributed by atoms with Gasteiger partial charge in [0.15, 0.2) is 0 Å². The van der Waals surface area contributed by atoms with Crippen LogP contribution in [0.1, 0.15) is 36.1 Å². The molecule has 1 aliphatic heterocycles. The summed E-state index contributed by atoms with van der Waals surface area (Å²) in [6.07, 6.45) is 1.18. The first-order chi connectivity index (χ1) is 9.58. The third-order valence-corrected chi connectivity index (χ3v) is 7.27. The van der Waals surface area contributed by atoms with E-state index in [0.29, 0.717) is 10.5 Å². The molecule has 1 aliphatic rings. The van der Waals surface area contributed by atoms with E-state index < -0.39 is 0 Å². The van der Waals surface area contributed by atoms with E-state index in [2.05, 4.69) is 44.7 Å². The van der Waals surface area contributed by atoms with Crippen molar-refractivity contribution in [3.05, 3.63) is 28.8 Å². The Bertz CT molecular complexity index is 464. The standard InChI is InChI=1S/C16H25NOS2/c1-5-13-16(20-7-6-19-13)15(17)14-11(3)8-10(2)9-12(14)18-4/h8-9,13,15-16H,5-7,17H2,1-4H3. The summed E-state index contributed by atoms with van der Waals surface area (Å²) in [4.78, 5) is 0. The second-order valence-electron chi connectivity index (χ2n) is 5.38. The lowest BCUT2D eigenvalue weighted by molar-refractivity contribution is 0.403. The zero-order chi connectivity index (χ0) is 14.7. The van der Waals surface area contributed by atoms with Crippen LogP contribution in [0.5, 0.6) is 5.75 Å². The zero-order valence-corrected chi connectivity index (χ0v) is 14.4. The number of ether oxygens (including phenoxy) is 1. The Morgan fingerprint density at radius 2 is 2.00 bits per heavy atom. The Kier molecular flexibility index (Phi) is 5.70. The lowest BCUT2D eigenvalue weighted by Crippen LogP contribution is -2.36. The summed E-state index contributed by atoms with van der Waals surface area (Å²) >= 11 is 4.10. The molecule has 3 unspecified atom stereocenters. The number of methoxy groups -OCH3 is 1. The molecule has 2 N–H and O–H groups in total. The fourth-order valence-electron chi connectivity index (χ4n) is 2.97. The van der Waals surface area contributed by atoms with E-state index in [1.807, 2.05) is 11.8 Å². The van der Waals surface area contributed by atoms with Crippen molar-refractivity contribution in [2.45, 2.75) is 43.7 Å². The summed E-state index contributed by atoms with van der Waals surface area (Å²) in [7, 11) is 1.74. The largest absolute Gasteiger partial charge is 0.496 e. The monoisotopic (exact) mass is 311 g/mol. The van der Waals surface area contributed by atoms with E-state index in [0.717, 1.165) is 5.75 Å². The molecule has 0 radical (unpaired) electrons. The summed E-state index contributed by atoms with van der Waals surface area (Å²) in [5.41, 5.74) is 10.3. The second-order valence-corrected chi connectivity index (χ2v) is 8.01. The molecular formula is C16H25NOS2. The van der Waals surface area contributed by atoms with Crippen molar-refractivity contribution in [2.24, 2.45) is 5.73 Å². The highest BCUT2D eigenvalue weighted by Crippen LogP contribution is 2.42. The second kappa shape index (κ2) is 7.10. The van der Waals surface area contributed by atoms with Crippen molar-refractivity contribution in [1.29, 1.82) is 0 Å². The van der Waals surface area contributed by atoms with Gasteiger partial charge in [-0.1, -0.05) is 13.0 Å². The molecule has 0 amide bonds. The number of hydrogen-bond acceptors (Lipinski definition) is 4. The highest BCUT2D eigenvalue weighted by atomic mass is 32.2. The first-order valence-corrected chi connectivity index (χ1v) is 9.32. The fraction of sp³-hybridized carbons (Fsp3) is 0.625. The highest BCUT2D eigenvalue weighted by molar-refractivity contribution is 8.07. The van der Waals surface area contributed by atoms with Crippen LogP contribution in [0, 0.1) is 13.8 Å². The molecule has 0 saturated carbocycles. The molecule has 4 heteroatoms. The first kappa shape index (κ1) is 16.1. The number of aryl methyl sites for hydroxylation is 2. The fourth-order valence-corrected chi connectivity index (χ4v) is 6.13. The number of hydrogen-bond donors (Lipinski definition) is 1. The third kappa shape index (κ3) is 3.29. The van der Waals surface area contributed by atoms with E-state index in [-0.39, 0.29) is 6.04 Å². The number of rotatable bonds is 4. The van der Waals surface area contributed by atoms with Crippen LogP contribution in [0.15, 0.2) is 12.1 Å². The molecule has 3 atom stereocenters. The molecule has 0 spiro atoms. The maximum Gasteiger partial charge on any atom is 0.124 e. The van der Waals surface area contributed by atoms with Crippen LogP contribution in [0.3, 0.4) is 0 Å². The third-order valence-electron chi connectivity index (χ3n) is 3.89. The Labute approximate surface area is 131 Å². The SMILES string of the molecule is CCC1SCCSC1C(N)c1c(C)cc(C)cc1OC. The first-order valence-electron chi connectivity index (χ1n) is 7.22. The topological polar surface area (TPSA) is 35.2 Å². The van der Waals surface area contributed by atoms with Gasteiger partial charge in [-0.15, -0.1) is 0 Å². The number of nitrogens with two attached hydrogens (primary N) is 1. The van der Waals surface area contributed by atoms with E-state index in [4.69, 9.17) is 10.5 Å². The van der Waals surface area contributed by atoms with Gasteiger partial charge >= 0.3 is 0 Å². The van der Waals surface area contributed by atoms with Gasteiger partial charge in [0.2, 0.25) is 0 Å². The maximum absolute atomic E-state index is 6.65. The van der Waals surface area contributed by atoms with Crippen LogP contribution >= 0.6 is 23.5 Å². The van der Waals surface area contributed by atoms with Gasteiger partial charge in [-0.05, 0) is 37.5 Å². The molecule has 112 valence electrons. The Morgan fingerprint density at radius 1 is 1.30 bits per heavy atom. The van der Waals surface area contributed by atoms with Gasteiger partial charge in [-0.3, -0.25) is 0 Å². The van der Waals surface area contributed by atoms with Crippen molar-refractivity contribution >= 4 is 23.5 Å². The molecule has 1 aromatic rings. The van der Waals surface area contributed by atoms with Crippen LogP contribution in [-0.4, -0.2) is 29.1 Å². The minimum atomic E-state index is 0.0494. The Hall–Kier alpha value is -0.320. The molecule has 2 rings (SSSR count). The van der Waals surface area contributed by atoms with Crippen molar-refractivity contribution in [2.75, 3.05) is 18.6 Å². The lowest BCUT2D eigenvalue weighted by atomic mass is 9.94. The van der Waals surface area contributed by atoms with Gasteiger partial charge < -0.3 is 10.5 Å². The Morgan fingerprint density at radius 3 is 2.65 bits per heavy atom. The summed E-state index contributed by atoms with van der Waals surface area (Å²) < 4.78 is 5.59. The molecular weight excluding hydrogens is 286 g/mol. The van der Waals surface area contributed by atoms with Crippen LogP contribution < -0.4 is 10.5 Å². The van der Waals surface area contributed by atoms with Gasteiger partial charge in [-0.25, -0.2) is 0 Å². The summed E-state index contributed by atoms with van der Waals surface area (Å²) in [5.74, 6) is 3.39. The summed E-state index contributed by atoms with van der Waals surface area (Å²) in [6.45, 7) is 6.51. The normalized spacial score (nSPS) is 24.4. The van der Waals surface area contributed by atoms with Crippen molar-refractivity contribution < 1.29 is 4.74 Å². The molecule has 1 heterocycles. The van der Waals surface area contributed by atoms with Gasteiger partial charge in [0, 0.05) is 33.6 Å². The minimum Gasteiger partial charge on any atom is -0.496 e. The van der Waals surface area contributed by atoms with Crippen molar-refractivity contribution in [3.8, 4) is 5.75 Å². The van der Waals surface area contributed by atoms with Crippen molar-refractivity contribution in [3.63, 3.8) is 0 Å². The van der Waals surface area contributed by atoms with Crippen LogP contribution in [0.2, 0.25) is 0 Å². The number of benzene rings is 1. The molecule has 1 aromatic carbocycles. The predicted molar refractivity (Wildman–Crippen MR) is 92.2 cm³/mol. The van der Waals surface area contributed by atoms with E-state index >= 15 is 0 Å². The average molecular weight is 312 g/mol. The van der Waals surface area contributed by atoms with Gasteiger partial charge in [0.25, 0.3) is 0 Å². The van der Waals surface area contributed by atoms with Gasteiger partial charge in [0.1, 0.15) is 5.75 Å². The van der Waals surface area contributed by atoms with Gasteiger partial charge in [0.05, 0.1) is 7.11 Å². The van der Waals surface area contributed by atoms with Crippen LogP contribution in [0.4, 0.5) is 0 Å². The van der Waals surface area contributed by atoms with E-state index in [9.17, 15) is 0 Å². The molecule has 1 saturated heterocycles. The van der Waals surface area contributed by atoms with Crippen LogP contribution in [0.25, 0.3) is 0 Å². The minimum absolute atomic E-state index is 0.0494. The molecule has 0 aromatic heterocycles. The van der Waals surface area contributed by atoms with Gasteiger partial charge in [-0.2, -0.15) is 23.5 Å². The summed E-state index contributed by atoms with van der Waals surface area (Å²) in [6, 6.07) is 4.36. The Balaban J connectivity index is 2.34. The number of thioether (sulfide) groups is 2. The van der Waals surface area contributed by atoms with Crippen molar-refractivity contribution in [1.82, 2.24) is 0 Å². The molecule has 20 heavy (non-hydrogen) atoms. The smallest absolute Gasteiger partial charge is 0.124 e. The lowest BCUT2D eigenvalue weighted by Gasteiger charge is -2.35. The predicted octanol–water partition coefficient (Wildman–Crippen LogP) is 3.94. The van der Waals surface area contributed by atoms with E-state index in [1.165, 1.54) is 34.6 Å². The molecule has 1 fully saturated rings. The molecule has 2 nitrogen and oxygen atoms in total. The summed E-state index contributed by atoms with van der Waals surface area (Å²) in [5, 5.41) is 1.13. The molecule has 0 aliphatic carbocycles. The quantitative estimate of drug-likeness (QED) is 0.913. The van der Waals surface area contributed by atoms with E-state index in [1.54, 1.807) is 7.11 Å². The highest BCUT2D eigenvalue weighted by Gasteiger charge is 2.33. The average Bonchev–Trinajstić information content (AvgIpc) is 2.45. The zero-order valence-electron chi connectivity index (χ0n) is 12.8. The van der Waals surface area contributed by atoms with Crippen LogP contribution in [-0.2, 0) is 0 Å². The maximum atomic E-state index is 6.65.